The normalized spacial score (nSPS) is 12.8. The number of nitrogens with two attached hydrogens (primary N) is 1. The van der Waals surface area contributed by atoms with E-state index in [4.69, 9.17) is 17.3 Å². The molecule has 0 heterocycles. The summed E-state index contributed by atoms with van der Waals surface area (Å²) in [4.78, 5) is 1.28. The molecule has 0 aliphatic heterocycles. The Hall–Kier alpha value is -0.180. The van der Waals surface area contributed by atoms with Gasteiger partial charge in [-0.2, -0.15) is 0 Å². The number of rotatable bonds is 5. The van der Waals surface area contributed by atoms with Crippen LogP contribution in [0.15, 0.2) is 23.1 Å². The van der Waals surface area contributed by atoms with Crippen LogP contribution >= 0.6 is 23.4 Å². The van der Waals surface area contributed by atoms with Gasteiger partial charge in [-0.1, -0.05) is 31.5 Å². The molecular weight excluding hydrogens is 226 g/mol. The Morgan fingerprint density at radius 3 is 2.80 bits per heavy atom. The Balaban J connectivity index is 2.86. The second-order valence-electron chi connectivity index (χ2n) is 3.63. The molecular formula is C12H18ClNS. The predicted molar refractivity (Wildman–Crippen MR) is 69.8 cm³/mol. The molecule has 0 saturated heterocycles. The lowest BCUT2D eigenvalue weighted by molar-refractivity contribution is 0.899. The highest BCUT2D eigenvalue weighted by atomic mass is 35.5. The summed E-state index contributed by atoms with van der Waals surface area (Å²) < 4.78 is 0. The van der Waals surface area contributed by atoms with E-state index in [0.717, 1.165) is 11.4 Å². The largest absolute Gasteiger partial charge is 0.330 e. The molecule has 1 aromatic carbocycles. The van der Waals surface area contributed by atoms with E-state index in [2.05, 4.69) is 19.9 Å². The van der Waals surface area contributed by atoms with Gasteiger partial charge in [0.25, 0.3) is 0 Å². The number of benzene rings is 1. The van der Waals surface area contributed by atoms with Gasteiger partial charge in [0.1, 0.15) is 0 Å². The van der Waals surface area contributed by atoms with Crippen LogP contribution in [-0.2, 0) is 6.42 Å². The quantitative estimate of drug-likeness (QED) is 0.798. The van der Waals surface area contributed by atoms with Gasteiger partial charge in [-0.25, -0.2) is 0 Å². The van der Waals surface area contributed by atoms with Crippen LogP contribution in [0.25, 0.3) is 0 Å². The van der Waals surface area contributed by atoms with Crippen molar-refractivity contribution in [1.82, 2.24) is 0 Å². The van der Waals surface area contributed by atoms with Crippen molar-refractivity contribution in [3.05, 3.63) is 28.8 Å². The fourth-order valence-electron chi connectivity index (χ4n) is 1.30. The fourth-order valence-corrected chi connectivity index (χ4v) is 2.65. The highest BCUT2D eigenvalue weighted by Crippen LogP contribution is 2.30. The molecule has 3 heteroatoms. The molecule has 0 aliphatic carbocycles. The summed E-state index contributed by atoms with van der Waals surface area (Å²) in [5.74, 6) is 0. The minimum atomic E-state index is 0.625. The van der Waals surface area contributed by atoms with Crippen molar-refractivity contribution in [2.24, 2.45) is 5.73 Å². The van der Waals surface area contributed by atoms with E-state index in [0.29, 0.717) is 11.8 Å². The van der Waals surface area contributed by atoms with Gasteiger partial charge in [0, 0.05) is 15.2 Å². The van der Waals surface area contributed by atoms with Gasteiger partial charge in [0.2, 0.25) is 0 Å². The van der Waals surface area contributed by atoms with E-state index in [1.807, 2.05) is 23.9 Å². The van der Waals surface area contributed by atoms with Crippen LogP contribution in [0.2, 0.25) is 5.02 Å². The molecule has 1 nitrogen and oxygen atoms in total. The summed E-state index contributed by atoms with van der Waals surface area (Å²) >= 11 is 7.88. The fraction of sp³-hybridized carbons (Fsp3) is 0.500. The van der Waals surface area contributed by atoms with E-state index < -0.39 is 0 Å². The number of thioether (sulfide) groups is 1. The molecule has 2 N–H and O–H groups in total. The molecule has 0 amide bonds. The maximum Gasteiger partial charge on any atom is 0.0417 e. The van der Waals surface area contributed by atoms with Gasteiger partial charge in [-0.15, -0.1) is 11.8 Å². The van der Waals surface area contributed by atoms with Crippen molar-refractivity contribution in [2.75, 3.05) is 6.54 Å². The zero-order valence-electron chi connectivity index (χ0n) is 9.29. The van der Waals surface area contributed by atoms with Crippen LogP contribution in [0.3, 0.4) is 0 Å². The lowest BCUT2D eigenvalue weighted by atomic mass is 10.1. The first-order chi connectivity index (χ1) is 7.17. The van der Waals surface area contributed by atoms with Crippen LogP contribution < -0.4 is 5.73 Å². The number of halogens is 1. The third kappa shape index (κ3) is 4.06. The zero-order valence-corrected chi connectivity index (χ0v) is 10.9. The van der Waals surface area contributed by atoms with Crippen molar-refractivity contribution in [1.29, 1.82) is 0 Å². The van der Waals surface area contributed by atoms with Crippen molar-refractivity contribution < 1.29 is 0 Å². The smallest absolute Gasteiger partial charge is 0.0417 e. The van der Waals surface area contributed by atoms with Crippen LogP contribution in [0.4, 0.5) is 0 Å². The molecule has 1 unspecified atom stereocenters. The Kier molecular flexibility index (Phi) is 5.51. The minimum Gasteiger partial charge on any atom is -0.330 e. The average Bonchev–Trinajstić information content (AvgIpc) is 2.22. The summed E-state index contributed by atoms with van der Waals surface area (Å²) in [5, 5.41) is 1.43. The van der Waals surface area contributed by atoms with Gasteiger partial charge in [0.05, 0.1) is 0 Å². The average molecular weight is 244 g/mol. The van der Waals surface area contributed by atoms with Gasteiger partial charge >= 0.3 is 0 Å². The van der Waals surface area contributed by atoms with Crippen molar-refractivity contribution in [2.45, 2.75) is 36.8 Å². The minimum absolute atomic E-state index is 0.625. The SMILES string of the molecule is CCC(C)Sc1cc(Cl)ccc1CCN. The van der Waals surface area contributed by atoms with E-state index in [1.165, 1.54) is 16.9 Å². The van der Waals surface area contributed by atoms with Gasteiger partial charge in [-0.3, -0.25) is 0 Å². The second-order valence-corrected chi connectivity index (χ2v) is 5.54. The molecule has 15 heavy (non-hydrogen) atoms. The third-order valence-electron chi connectivity index (χ3n) is 2.35. The first-order valence-electron chi connectivity index (χ1n) is 5.32. The van der Waals surface area contributed by atoms with Gasteiger partial charge in [0.15, 0.2) is 0 Å². The van der Waals surface area contributed by atoms with Crippen molar-refractivity contribution in [3.63, 3.8) is 0 Å². The van der Waals surface area contributed by atoms with Crippen LogP contribution in [0, 0.1) is 0 Å². The molecule has 0 fully saturated rings. The molecule has 0 spiro atoms. The van der Waals surface area contributed by atoms with Crippen molar-refractivity contribution in [3.8, 4) is 0 Å². The highest BCUT2D eigenvalue weighted by molar-refractivity contribution is 8.00. The lowest BCUT2D eigenvalue weighted by Crippen LogP contribution is -2.04. The zero-order chi connectivity index (χ0) is 11.3. The van der Waals surface area contributed by atoms with Crippen LogP contribution in [-0.4, -0.2) is 11.8 Å². The molecule has 1 atom stereocenters. The second kappa shape index (κ2) is 6.41. The Morgan fingerprint density at radius 2 is 2.20 bits per heavy atom. The standard InChI is InChI=1S/C12H18ClNS/c1-3-9(2)15-12-8-11(13)5-4-10(12)6-7-14/h4-5,8-9H,3,6-7,14H2,1-2H3. The maximum absolute atomic E-state index is 6.00. The number of hydrogen-bond donors (Lipinski definition) is 1. The maximum atomic E-state index is 6.00. The Labute approximate surface area is 101 Å². The van der Waals surface area contributed by atoms with Crippen molar-refractivity contribution >= 4 is 23.4 Å². The summed E-state index contributed by atoms with van der Waals surface area (Å²) in [6.07, 6.45) is 2.09. The molecule has 0 aliphatic rings. The van der Waals surface area contributed by atoms with E-state index in [9.17, 15) is 0 Å². The lowest BCUT2D eigenvalue weighted by Gasteiger charge is -2.12. The van der Waals surface area contributed by atoms with Gasteiger partial charge < -0.3 is 5.73 Å². The highest BCUT2D eigenvalue weighted by Gasteiger charge is 2.07. The topological polar surface area (TPSA) is 26.0 Å². The molecule has 84 valence electrons. The predicted octanol–water partition coefficient (Wildman–Crippen LogP) is 3.73. The molecule has 0 saturated carbocycles. The monoisotopic (exact) mass is 243 g/mol. The summed E-state index contributed by atoms with van der Waals surface area (Å²) in [6.45, 7) is 5.12. The third-order valence-corrected chi connectivity index (χ3v) is 3.95. The van der Waals surface area contributed by atoms with Crippen LogP contribution in [0.1, 0.15) is 25.8 Å². The molecule has 0 aromatic heterocycles. The Bertz CT molecular complexity index is 314. The molecule has 0 radical (unpaired) electrons. The first-order valence-corrected chi connectivity index (χ1v) is 6.58. The van der Waals surface area contributed by atoms with Gasteiger partial charge in [-0.05, 0) is 37.1 Å². The molecule has 1 rings (SSSR count). The summed E-state index contributed by atoms with van der Waals surface area (Å²) in [7, 11) is 0. The van der Waals surface area contributed by atoms with Crippen LogP contribution in [0.5, 0.6) is 0 Å². The van der Waals surface area contributed by atoms with E-state index in [1.54, 1.807) is 0 Å². The summed E-state index contributed by atoms with van der Waals surface area (Å²) in [5.41, 5.74) is 6.90. The Morgan fingerprint density at radius 1 is 1.47 bits per heavy atom. The summed E-state index contributed by atoms with van der Waals surface area (Å²) in [6, 6.07) is 6.07. The van der Waals surface area contributed by atoms with E-state index in [-0.39, 0.29) is 0 Å². The number of hydrogen-bond acceptors (Lipinski definition) is 2. The molecule has 0 bridgehead atoms. The molecule has 1 aromatic rings. The van der Waals surface area contributed by atoms with E-state index >= 15 is 0 Å². The first kappa shape index (κ1) is 12.9.